The summed E-state index contributed by atoms with van der Waals surface area (Å²) in [7, 11) is 0. The van der Waals surface area contributed by atoms with E-state index in [1.807, 2.05) is 0 Å². The standard InChI is InChI=1S/C21H22N4O2S2/c1-13(2)7-15-8-17-19(18(9-15)27-5-3-14-4-6-28-12-14)24-25-20(17)23-21-22-10-16(11-26)29-21/h4,6,8-13H,3,5,7H2,1-2H3,(H2,22,23,24,25). The summed E-state index contributed by atoms with van der Waals surface area (Å²) in [5, 5.41) is 16.6. The fourth-order valence-electron chi connectivity index (χ4n) is 3.16. The van der Waals surface area contributed by atoms with Gasteiger partial charge < -0.3 is 10.1 Å². The lowest BCUT2D eigenvalue weighted by atomic mass is 10.0. The monoisotopic (exact) mass is 426 g/mol. The van der Waals surface area contributed by atoms with Gasteiger partial charge in [0.2, 0.25) is 0 Å². The molecule has 6 nitrogen and oxygen atoms in total. The minimum absolute atomic E-state index is 0.531. The molecule has 0 aliphatic carbocycles. The minimum Gasteiger partial charge on any atom is -0.491 e. The van der Waals surface area contributed by atoms with E-state index >= 15 is 0 Å². The average Bonchev–Trinajstić information content (AvgIpc) is 3.43. The Morgan fingerprint density at radius 2 is 2.21 bits per heavy atom. The van der Waals surface area contributed by atoms with Crippen LogP contribution in [0.25, 0.3) is 10.9 Å². The van der Waals surface area contributed by atoms with Crippen LogP contribution in [-0.4, -0.2) is 28.1 Å². The zero-order chi connectivity index (χ0) is 20.2. The van der Waals surface area contributed by atoms with Crippen LogP contribution in [0, 0.1) is 5.92 Å². The van der Waals surface area contributed by atoms with E-state index in [0.29, 0.717) is 28.4 Å². The molecule has 8 heteroatoms. The van der Waals surface area contributed by atoms with Gasteiger partial charge in [-0.25, -0.2) is 4.98 Å². The van der Waals surface area contributed by atoms with E-state index in [9.17, 15) is 4.79 Å². The number of ether oxygens (including phenoxy) is 1. The van der Waals surface area contributed by atoms with Crippen molar-refractivity contribution in [3.8, 4) is 5.75 Å². The van der Waals surface area contributed by atoms with Crippen molar-refractivity contribution in [3.05, 3.63) is 51.2 Å². The molecule has 0 saturated carbocycles. The number of thiophene rings is 1. The van der Waals surface area contributed by atoms with E-state index in [2.05, 4.69) is 63.3 Å². The van der Waals surface area contributed by atoms with Crippen LogP contribution in [0.1, 0.15) is 34.6 Å². The van der Waals surface area contributed by atoms with E-state index in [1.165, 1.54) is 22.5 Å². The van der Waals surface area contributed by atoms with E-state index in [1.54, 1.807) is 17.5 Å². The van der Waals surface area contributed by atoms with Crippen molar-refractivity contribution in [2.75, 3.05) is 11.9 Å². The molecule has 0 spiro atoms. The Bertz CT molecular complexity index is 1100. The molecule has 0 aliphatic rings. The number of nitrogens with one attached hydrogen (secondary N) is 2. The maximum atomic E-state index is 10.9. The highest BCUT2D eigenvalue weighted by Crippen LogP contribution is 2.33. The number of aromatic amines is 1. The van der Waals surface area contributed by atoms with Crippen LogP contribution in [0.5, 0.6) is 5.75 Å². The fourth-order valence-corrected chi connectivity index (χ4v) is 4.49. The molecule has 3 aromatic heterocycles. The number of carbonyl (C=O) groups excluding carboxylic acids is 1. The van der Waals surface area contributed by atoms with Gasteiger partial charge in [0.05, 0.1) is 17.7 Å². The molecule has 0 saturated heterocycles. The molecule has 0 atom stereocenters. The summed E-state index contributed by atoms with van der Waals surface area (Å²) in [5.41, 5.74) is 3.35. The summed E-state index contributed by atoms with van der Waals surface area (Å²) in [6.07, 6.45) is 4.17. The van der Waals surface area contributed by atoms with Gasteiger partial charge in [-0.1, -0.05) is 25.2 Å². The molecule has 0 bridgehead atoms. The Balaban J connectivity index is 1.62. The number of hydrogen-bond acceptors (Lipinski definition) is 7. The smallest absolute Gasteiger partial charge is 0.189 e. The van der Waals surface area contributed by atoms with Gasteiger partial charge in [0.1, 0.15) is 11.3 Å². The minimum atomic E-state index is 0.531. The number of aromatic nitrogens is 3. The quantitative estimate of drug-likeness (QED) is 0.348. The predicted octanol–water partition coefficient (Wildman–Crippen LogP) is 5.46. The van der Waals surface area contributed by atoms with Gasteiger partial charge >= 0.3 is 0 Å². The molecule has 0 amide bonds. The van der Waals surface area contributed by atoms with E-state index < -0.39 is 0 Å². The Morgan fingerprint density at radius 1 is 1.31 bits per heavy atom. The topological polar surface area (TPSA) is 79.9 Å². The Hall–Kier alpha value is -2.71. The first-order valence-electron chi connectivity index (χ1n) is 9.45. The number of nitrogens with zero attached hydrogens (tertiary/aromatic N) is 2. The van der Waals surface area contributed by atoms with Gasteiger partial charge in [-0.15, -0.1) is 0 Å². The molecule has 0 fully saturated rings. The first kappa shape index (κ1) is 19.6. The number of carbonyl (C=O) groups is 1. The molecule has 0 unspecified atom stereocenters. The second-order valence-electron chi connectivity index (χ2n) is 7.23. The van der Waals surface area contributed by atoms with Gasteiger partial charge in [-0.3, -0.25) is 9.89 Å². The zero-order valence-corrected chi connectivity index (χ0v) is 17.9. The Morgan fingerprint density at radius 3 is 2.93 bits per heavy atom. The molecule has 4 rings (SSSR count). The number of thiazole rings is 1. The van der Waals surface area contributed by atoms with Crippen molar-refractivity contribution in [3.63, 3.8) is 0 Å². The van der Waals surface area contributed by atoms with Gasteiger partial charge in [-0.2, -0.15) is 16.4 Å². The van der Waals surface area contributed by atoms with Gasteiger partial charge in [0.15, 0.2) is 17.2 Å². The summed E-state index contributed by atoms with van der Waals surface area (Å²) < 4.78 is 6.15. The Kier molecular flexibility index (Phi) is 5.92. The number of rotatable bonds is 9. The number of anilines is 2. The van der Waals surface area contributed by atoms with Crippen LogP contribution < -0.4 is 10.1 Å². The van der Waals surface area contributed by atoms with E-state index in [-0.39, 0.29) is 0 Å². The Labute approximate surface area is 177 Å². The predicted molar refractivity (Wildman–Crippen MR) is 119 cm³/mol. The third-order valence-electron chi connectivity index (χ3n) is 4.43. The van der Waals surface area contributed by atoms with E-state index in [4.69, 9.17) is 4.74 Å². The third-order valence-corrected chi connectivity index (χ3v) is 6.00. The van der Waals surface area contributed by atoms with Crippen molar-refractivity contribution in [1.29, 1.82) is 0 Å². The number of benzene rings is 1. The summed E-state index contributed by atoms with van der Waals surface area (Å²) in [5.74, 6) is 2.02. The molecule has 29 heavy (non-hydrogen) atoms. The summed E-state index contributed by atoms with van der Waals surface area (Å²) in [4.78, 5) is 15.7. The molecule has 0 radical (unpaired) electrons. The molecule has 0 aliphatic heterocycles. The summed E-state index contributed by atoms with van der Waals surface area (Å²) in [6.45, 7) is 5.01. The van der Waals surface area contributed by atoms with Crippen molar-refractivity contribution in [1.82, 2.24) is 15.2 Å². The number of H-pyrrole nitrogens is 1. The normalized spacial score (nSPS) is 11.3. The van der Waals surface area contributed by atoms with Gasteiger partial charge in [-0.05, 0) is 52.4 Å². The molecular weight excluding hydrogens is 404 g/mol. The maximum Gasteiger partial charge on any atom is 0.189 e. The van der Waals surface area contributed by atoms with Crippen molar-refractivity contribution in [2.24, 2.45) is 5.92 Å². The molecular formula is C21H22N4O2S2. The van der Waals surface area contributed by atoms with Crippen molar-refractivity contribution < 1.29 is 9.53 Å². The lowest BCUT2D eigenvalue weighted by Gasteiger charge is -2.11. The second kappa shape index (κ2) is 8.75. The third kappa shape index (κ3) is 4.65. The van der Waals surface area contributed by atoms with Gasteiger partial charge in [0, 0.05) is 11.8 Å². The number of aldehydes is 1. The highest BCUT2D eigenvalue weighted by atomic mass is 32.1. The lowest BCUT2D eigenvalue weighted by molar-refractivity contribution is 0.112. The fraction of sp³-hybridized carbons (Fsp3) is 0.286. The maximum absolute atomic E-state index is 10.9. The molecule has 1 aromatic carbocycles. The summed E-state index contributed by atoms with van der Waals surface area (Å²) >= 11 is 3.00. The number of fused-ring (bicyclic) bond motifs is 1. The van der Waals surface area contributed by atoms with E-state index in [0.717, 1.165) is 35.8 Å². The SMILES string of the molecule is CC(C)Cc1cc(OCCc2ccsc2)c2[nH]nc(Nc3ncc(C=O)s3)c2c1. The molecule has 4 aromatic rings. The number of hydrogen-bond donors (Lipinski definition) is 2. The second-order valence-corrected chi connectivity index (χ2v) is 9.07. The highest BCUT2D eigenvalue weighted by Gasteiger charge is 2.15. The van der Waals surface area contributed by atoms with Crippen LogP contribution in [0.3, 0.4) is 0 Å². The largest absolute Gasteiger partial charge is 0.491 e. The van der Waals surface area contributed by atoms with Crippen molar-refractivity contribution >= 4 is 50.8 Å². The molecule has 3 heterocycles. The van der Waals surface area contributed by atoms with Crippen LogP contribution in [0.4, 0.5) is 10.9 Å². The van der Waals surface area contributed by atoms with Gasteiger partial charge in [0.25, 0.3) is 0 Å². The molecule has 150 valence electrons. The summed E-state index contributed by atoms with van der Waals surface area (Å²) in [6, 6.07) is 6.37. The highest BCUT2D eigenvalue weighted by molar-refractivity contribution is 7.17. The van der Waals surface area contributed by atoms with Crippen LogP contribution in [0.2, 0.25) is 0 Å². The van der Waals surface area contributed by atoms with Crippen LogP contribution in [-0.2, 0) is 12.8 Å². The molecule has 2 N–H and O–H groups in total. The lowest BCUT2D eigenvalue weighted by Crippen LogP contribution is -2.02. The zero-order valence-electron chi connectivity index (χ0n) is 16.3. The average molecular weight is 427 g/mol. The van der Waals surface area contributed by atoms with Crippen LogP contribution in [0.15, 0.2) is 35.2 Å². The first-order valence-corrected chi connectivity index (χ1v) is 11.2. The van der Waals surface area contributed by atoms with Crippen molar-refractivity contribution in [2.45, 2.75) is 26.7 Å². The van der Waals surface area contributed by atoms with Crippen LogP contribution >= 0.6 is 22.7 Å². The first-order chi connectivity index (χ1) is 14.1.